The predicted molar refractivity (Wildman–Crippen MR) is 130 cm³/mol. The van der Waals surface area contributed by atoms with Gasteiger partial charge in [-0.3, -0.25) is 19.3 Å². The number of hydrogen-bond acceptors (Lipinski definition) is 5. The third kappa shape index (κ3) is 5.20. The van der Waals surface area contributed by atoms with Crippen molar-refractivity contribution in [3.63, 3.8) is 0 Å². The largest absolute Gasteiger partial charge is 0.354 e. The van der Waals surface area contributed by atoms with Crippen LogP contribution in [0.2, 0.25) is 0 Å². The van der Waals surface area contributed by atoms with Gasteiger partial charge in [0.2, 0.25) is 21.8 Å². The number of carbonyl (C=O) groups excluding carboxylic acids is 3. The van der Waals surface area contributed by atoms with Crippen LogP contribution in [0, 0.1) is 5.92 Å². The van der Waals surface area contributed by atoms with Crippen molar-refractivity contribution < 1.29 is 22.8 Å². The van der Waals surface area contributed by atoms with Crippen molar-refractivity contribution in [1.29, 1.82) is 0 Å². The van der Waals surface area contributed by atoms with Crippen LogP contribution in [-0.2, 0) is 19.6 Å². The summed E-state index contributed by atoms with van der Waals surface area (Å²) in [6.45, 7) is 6.79. The van der Waals surface area contributed by atoms with Gasteiger partial charge in [0, 0.05) is 24.3 Å². The van der Waals surface area contributed by atoms with Crippen molar-refractivity contribution >= 4 is 33.3 Å². The van der Waals surface area contributed by atoms with Crippen LogP contribution in [0.3, 0.4) is 0 Å². The van der Waals surface area contributed by atoms with Gasteiger partial charge in [-0.05, 0) is 50.5 Å². The lowest BCUT2D eigenvalue weighted by atomic mass is 9.94. The number of amides is 2. The zero-order chi connectivity index (χ0) is 25.1. The molecule has 3 rings (SSSR count). The van der Waals surface area contributed by atoms with Crippen molar-refractivity contribution in [3.8, 4) is 0 Å². The molecular formula is C25H31N3O5S. The van der Waals surface area contributed by atoms with E-state index in [1.54, 1.807) is 49.4 Å². The zero-order valence-corrected chi connectivity index (χ0v) is 20.8. The van der Waals surface area contributed by atoms with Gasteiger partial charge in [0.05, 0.1) is 11.4 Å². The number of rotatable bonds is 8. The highest BCUT2D eigenvalue weighted by Gasteiger charge is 2.51. The summed E-state index contributed by atoms with van der Waals surface area (Å²) < 4.78 is 27.7. The van der Waals surface area contributed by atoms with Crippen LogP contribution in [0.4, 0.5) is 5.69 Å². The number of carbonyl (C=O) groups is 3. The van der Waals surface area contributed by atoms with E-state index >= 15 is 0 Å². The summed E-state index contributed by atoms with van der Waals surface area (Å²) in [4.78, 5) is 40.2. The van der Waals surface area contributed by atoms with Crippen LogP contribution in [0.1, 0.15) is 44.5 Å². The van der Waals surface area contributed by atoms with Gasteiger partial charge in [-0.1, -0.05) is 44.2 Å². The molecule has 0 radical (unpaired) electrons. The molecule has 0 spiro atoms. The van der Waals surface area contributed by atoms with Gasteiger partial charge in [0.15, 0.2) is 5.78 Å². The van der Waals surface area contributed by atoms with E-state index in [4.69, 9.17) is 0 Å². The Morgan fingerprint density at radius 1 is 1.09 bits per heavy atom. The van der Waals surface area contributed by atoms with Crippen LogP contribution >= 0.6 is 0 Å². The van der Waals surface area contributed by atoms with E-state index in [9.17, 15) is 22.8 Å². The molecule has 1 aliphatic heterocycles. The molecule has 2 aromatic carbocycles. The summed E-state index contributed by atoms with van der Waals surface area (Å²) in [6, 6.07) is 14.3. The lowest BCUT2D eigenvalue weighted by Crippen LogP contribution is -2.70. The van der Waals surface area contributed by atoms with Crippen LogP contribution in [0.15, 0.2) is 59.5 Å². The predicted octanol–water partition coefficient (Wildman–Crippen LogP) is 2.85. The maximum atomic E-state index is 13.5. The number of sulfonamides is 1. The standard InChI is InChI=1S/C25H31N3O5S/c1-18(2)13-14-26-24(31)25(4)17-27(34(32,33)22-11-6-5-7-12-22)16-23(30)28(25)21-10-8-9-20(15-21)19(3)29/h5-12,15,18H,13-14,16-17H2,1-4H3,(H,26,31)/t25-/m1/s1. The molecule has 0 aliphatic carbocycles. The van der Waals surface area contributed by atoms with Crippen LogP contribution in [0.25, 0.3) is 0 Å². The van der Waals surface area contributed by atoms with Gasteiger partial charge in [-0.25, -0.2) is 8.42 Å². The van der Waals surface area contributed by atoms with Crippen molar-refractivity contribution in [3.05, 3.63) is 60.2 Å². The van der Waals surface area contributed by atoms with Gasteiger partial charge < -0.3 is 5.32 Å². The van der Waals surface area contributed by atoms with Gasteiger partial charge in [0.25, 0.3) is 0 Å². The molecule has 9 heteroatoms. The van der Waals surface area contributed by atoms with Gasteiger partial charge in [0.1, 0.15) is 5.54 Å². The Morgan fingerprint density at radius 3 is 2.38 bits per heavy atom. The van der Waals surface area contributed by atoms with E-state index in [1.165, 1.54) is 24.0 Å². The van der Waals surface area contributed by atoms with Gasteiger partial charge in [-0.15, -0.1) is 0 Å². The molecule has 2 amide bonds. The second-order valence-corrected chi connectivity index (χ2v) is 11.1. The minimum Gasteiger partial charge on any atom is -0.354 e. The first-order valence-corrected chi connectivity index (χ1v) is 12.7. The normalized spacial score (nSPS) is 19.3. The summed E-state index contributed by atoms with van der Waals surface area (Å²) in [5.74, 6) is -0.822. The van der Waals surface area contributed by atoms with Crippen molar-refractivity contribution in [2.45, 2.75) is 44.6 Å². The molecule has 1 fully saturated rings. The highest BCUT2D eigenvalue weighted by Crippen LogP contribution is 2.32. The first-order valence-electron chi connectivity index (χ1n) is 11.2. The van der Waals surface area contributed by atoms with Gasteiger partial charge in [-0.2, -0.15) is 4.31 Å². The fourth-order valence-corrected chi connectivity index (χ4v) is 5.51. The first-order chi connectivity index (χ1) is 16.0. The maximum Gasteiger partial charge on any atom is 0.247 e. The number of benzene rings is 2. The summed E-state index contributed by atoms with van der Waals surface area (Å²) in [6.07, 6.45) is 0.738. The third-order valence-electron chi connectivity index (χ3n) is 5.93. The minimum atomic E-state index is -4.01. The summed E-state index contributed by atoms with van der Waals surface area (Å²) >= 11 is 0. The van der Waals surface area contributed by atoms with E-state index in [0.29, 0.717) is 23.7 Å². The Hall–Kier alpha value is -3.04. The molecule has 182 valence electrons. The van der Waals surface area contributed by atoms with Crippen molar-refractivity contribution in [2.24, 2.45) is 5.92 Å². The Kier molecular flexibility index (Phi) is 7.57. The maximum absolute atomic E-state index is 13.5. The molecule has 8 nitrogen and oxygen atoms in total. The van der Waals surface area contributed by atoms with Crippen LogP contribution in [-0.4, -0.2) is 55.5 Å². The smallest absolute Gasteiger partial charge is 0.247 e. The van der Waals surface area contributed by atoms with E-state index in [0.717, 1.165) is 10.7 Å². The van der Waals surface area contributed by atoms with Crippen LogP contribution in [0.5, 0.6) is 0 Å². The van der Waals surface area contributed by atoms with E-state index in [-0.39, 0.29) is 17.2 Å². The zero-order valence-electron chi connectivity index (χ0n) is 19.9. The topological polar surface area (TPSA) is 104 Å². The highest BCUT2D eigenvalue weighted by molar-refractivity contribution is 7.89. The Labute approximate surface area is 201 Å². The Balaban J connectivity index is 2.04. The Bertz CT molecular complexity index is 1180. The molecule has 2 aromatic rings. The monoisotopic (exact) mass is 485 g/mol. The quantitative estimate of drug-likeness (QED) is 0.579. The molecule has 0 unspecified atom stereocenters. The molecule has 1 aliphatic rings. The number of Topliss-reactive ketones (excluding diaryl/α,β-unsaturated/α-hetero) is 1. The lowest BCUT2D eigenvalue weighted by molar-refractivity contribution is -0.132. The molecule has 1 atom stereocenters. The fourth-order valence-electron chi connectivity index (χ4n) is 4.01. The van der Waals surface area contributed by atoms with Crippen LogP contribution < -0.4 is 10.2 Å². The number of anilines is 1. The molecule has 1 heterocycles. The SMILES string of the molecule is CC(=O)c1cccc(N2C(=O)CN(S(=O)(=O)c3ccccc3)C[C@]2(C)C(=O)NCCC(C)C)c1. The molecule has 1 saturated heterocycles. The number of piperazine rings is 1. The number of hydrogen-bond donors (Lipinski definition) is 1. The first kappa shape index (κ1) is 25.6. The number of ketones is 1. The van der Waals surface area contributed by atoms with E-state index in [2.05, 4.69) is 5.32 Å². The van der Waals surface area contributed by atoms with E-state index in [1.807, 2.05) is 13.8 Å². The van der Waals surface area contributed by atoms with Crippen molar-refractivity contribution in [1.82, 2.24) is 9.62 Å². The molecule has 0 bridgehead atoms. The third-order valence-corrected chi connectivity index (χ3v) is 7.73. The fraction of sp³-hybridized carbons (Fsp3) is 0.400. The van der Waals surface area contributed by atoms with E-state index < -0.39 is 33.9 Å². The molecule has 0 aromatic heterocycles. The number of nitrogens with one attached hydrogen (secondary N) is 1. The minimum absolute atomic E-state index is 0.0531. The molecule has 0 saturated carbocycles. The Morgan fingerprint density at radius 2 is 1.76 bits per heavy atom. The lowest BCUT2D eigenvalue weighted by Gasteiger charge is -2.46. The average Bonchev–Trinajstić information content (AvgIpc) is 2.79. The molecule has 34 heavy (non-hydrogen) atoms. The average molecular weight is 486 g/mol. The van der Waals surface area contributed by atoms with Gasteiger partial charge >= 0.3 is 0 Å². The summed E-state index contributed by atoms with van der Waals surface area (Å²) in [7, 11) is -4.01. The molecule has 1 N–H and O–H groups in total. The number of nitrogens with zero attached hydrogens (tertiary/aromatic N) is 2. The second-order valence-electron chi connectivity index (χ2n) is 9.13. The highest BCUT2D eigenvalue weighted by atomic mass is 32.2. The second kappa shape index (κ2) is 10.1. The summed E-state index contributed by atoms with van der Waals surface area (Å²) in [5, 5.41) is 2.87. The van der Waals surface area contributed by atoms with Crippen molar-refractivity contribution in [2.75, 3.05) is 24.5 Å². The molecular weight excluding hydrogens is 454 g/mol. The summed E-state index contributed by atoms with van der Waals surface area (Å²) in [5.41, 5.74) is -0.757.